The number of nitrogens with zero attached hydrogens (tertiary/aromatic N) is 2. The number of carbonyl (C=O) groups is 1. The van der Waals surface area contributed by atoms with Gasteiger partial charge in [0.1, 0.15) is 5.82 Å². The van der Waals surface area contributed by atoms with Crippen molar-refractivity contribution in [1.29, 1.82) is 0 Å². The number of carboxylic acid groups (broad SMARTS) is 1. The second-order valence-corrected chi connectivity index (χ2v) is 4.37. The summed E-state index contributed by atoms with van der Waals surface area (Å²) in [5.41, 5.74) is 7.50. The summed E-state index contributed by atoms with van der Waals surface area (Å²) in [7, 11) is 0. The van der Waals surface area contributed by atoms with Gasteiger partial charge in [-0.2, -0.15) is 0 Å². The first-order valence-electron chi connectivity index (χ1n) is 6.10. The molecule has 0 amide bonds. The van der Waals surface area contributed by atoms with Gasteiger partial charge in [-0.1, -0.05) is 0 Å². The molecule has 0 radical (unpaired) electrons. The smallest absolute Gasteiger partial charge is 0.328 e. The monoisotopic (exact) mass is 263 g/mol. The zero-order valence-electron chi connectivity index (χ0n) is 10.6. The average molecular weight is 263 g/mol. The molecule has 0 aliphatic carbocycles. The maximum atomic E-state index is 10.5. The van der Waals surface area contributed by atoms with Gasteiger partial charge in [0.25, 0.3) is 0 Å². The first-order valence-corrected chi connectivity index (χ1v) is 6.10. The Balaban J connectivity index is 2.10. The lowest BCUT2D eigenvalue weighted by atomic mass is 10.1. The molecule has 1 aliphatic heterocycles. The second-order valence-electron chi connectivity index (χ2n) is 4.37. The molecule has 0 bridgehead atoms. The summed E-state index contributed by atoms with van der Waals surface area (Å²) in [5.74, 6) is -0.495. The Labute approximate surface area is 111 Å². The van der Waals surface area contributed by atoms with E-state index in [1.165, 1.54) is 6.08 Å². The third kappa shape index (κ3) is 4.04. The van der Waals surface area contributed by atoms with Crippen molar-refractivity contribution >= 4 is 17.9 Å². The molecule has 0 atom stereocenters. The molecule has 1 fully saturated rings. The van der Waals surface area contributed by atoms with Crippen LogP contribution in [0.4, 0.5) is 5.82 Å². The van der Waals surface area contributed by atoms with Gasteiger partial charge in [0.05, 0.1) is 13.2 Å². The van der Waals surface area contributed by atoms with Gasteiger partial charge in [0.2, 0.25) is 0 Å². The molecular formula is C13H17N3O3. The normalized spacial score (nSPS) is 16.8. The summed E-state index contributed by atoms with van der Waals surface area (Å²) in [6.07, 6.45) is 4.17. The highest BCUT2D eigenvalue weighted by Crippen LogP contribution is 2.15. The highest BCUT2D eigenvalue weighted by Gasteiger charge is 2.12. The number of nitrogens with two attached hydrogens (primary N) is 1. The first kappa shape index (κ1) is 13.5. The highest BCUT2D eigenvalue weighted by molar-refractivity contribution is 5.85. The quantitative estimate of drug-likeness (QED) is 0.773. The van der Waals surface area contributed by atoms with Crippen molar-refractivity contribution in [3.05, 3.63) is 29.5 Å². The molecule has 0 aromatic carbocycles. The molecule has 2 rings (SSSR count). The van der Waals surface area contributed by atoms with Gasteiger partial charge in [0.15, 0.2) is 0 Å². The zero-order chi connectivity index (χ0) is 13.7. The fourth-order valence-electron chi connectivity index (χ4n) is 1.92. The van der Waals surface area contributed by atoms with Gasteiger partial charge >= 0.3 is 5.97 Å². The van der Waals surface area contributed by atoms with Crippen LogP contribution in [0.5, 0.6) is 0 Å². The van der Waals surface area contributed by atoms with Crippen LogP contribution >= 0.6 is 0 Å². The molecule has 3 N–H and O–H groups in total. The Morgan fingerprint density at radius 2 is 2.26 bits per heavy atom. The lowest BCUT2D eigenvalue weighted by molar-refractivity contribution is -0.131. The number of nitrogen functional groups attached to an aromatic ring is 1. The molecule has 1 saturated heterocycles. The van der Waals surface area contributed by atoms with E-state index in [1.54, 1.807) is 6.20 Å². The molecule has 0 saturated carbocycles. The van der Waals surface area contributed by atoms with Crippen molar-refractivity contribution in [3.8, 4) is 0 Å². The number of morpholine rings is 1. The molecule has 6 nitrogen and oxygen atoms in total. The summed E-state index contributed by atoms with van der Waals surface area (Å²) in [4.78, 5) is 16.8. The van der Waals surface area contributed by atoms with Crippen LogP contribution in [0.3, 0.4) is 0 Å². The third-order valence-corrected chi connectivity index (χ3v) is 2.94. The van der Waals surface area contributed by atoms with E-state index in [2.05, 4.69) is 9.88 Å². The van der Waals surface area contributed by atoms with E-state index >= 15 is 0 Å². The largest absolute Gasteiger partial charge is 0.478 e. The Bertz CT molecular complexity index is 482. The van der Waals surface area contributed by atoms with Gasteiger partial charge in [-0.15, -0.1) is 0 Å². The molecule has 1 aromatic rings. The summed E-state index contributed by atoms with van der Waals surface area (Å²) in [5, 5.41) is 8.61. The number of pyridine rings is 1. The molecule has 0 unspecified atom stereocenters. The van der Waals surface area contributed by atoms with Crippen LogP contribution in [0, 0.1) is 0 Å². The Kier molecular flexibility index (Phi) is 4.48. The standard InChI is InChI=1S/C13H17N3O3/c14-13-11(9-16-3-5-19-6-4-16)7-10(8-15-13)1-2-12(17)18/h1-2,7-8H,3-6,9H2,(H2,14,15)(H,17,18). The third-order valence-electron chi connectivity index (χ3n) is 2.94. The van der Waals surface area contributed by atoms with E-state index in [-0.39, 0.29) is 0 Å². The minimum absolute atomic E-state index is 0.485. The first-order chi connectivity index (χ1) is 9.15. The lowest BCUT2D eigenvalue weighted by Crippen LogP contribution is -2.35. The topological polar surface area (TPSA) is 88.7 Å². The number of hydrogen-bond donors (Lipinski definition) is 2. The van der Waals surface area contributed by atoms with E-state index in [9.17, 15) is 4.79 Å². The highest BCUT2D eigenvalue weighted by atomic mass is 16.5. The average Bonchev–Trinajstić information content (AvgIpc) is 2.41. The number of aliphatic carboxylic acids is 1. The van der Waals surface area contributed by atoms with Crippen LogP contribution in [0.2, 0.25) is 0 Å². The number of hydrogen-bond acceptors (Lipinski definition) is 5. The van der Waals surface area contributed by atoms with Crippen LogP contribution in [-0.2, 0) is 16.1 Å². The lowest BCUT2D eigenvalue weighted by Gasteiger charge is -2.26. The van der Waals surface area contributed by atoms with Crippen LogP contribution in [0.25, 0.3) is 6.08 Å². The molecule has 1 aliphatic rings. The summed E-state index contributed by atoms with van der Waals surface area (Å²) in [6, 6.07) is 1.87. The molecule has 102 valence electrons. The fraction of sp³-hybridized carbons (Fsp3) is 0.385. The Hall–Kier alpha value is -1.92. The van der Waals surface area contributed by atoms with Crippen molar-refractivity contribution in [1.82, 2.24) is 9.88 Å². The fourth-order valence-corrected chi connectivity index (χ4v) is 1.92. The van der Waals surface area contributed by atoms with E-state index in [0.29, 0.717) is 12.4 Å². The predicted octanol–water partition coefficient (Wildman–Crippen LogP) is 0.594. The molecule has 2 heterocycles. The molecule has 0 spiro atoms. The number of anilines is 1. The number of rotatable bonds is 4. The second kappa shape index (κ2) is 6.31. The van der Waals surface area contributed by atoms with Crippen LogP contribution < -0.4 is 5.73 Å². The molecule has 6 heteroatoms. The molecule has 1 aromatic heterocycles. The number of carboxylic acids is 1. The van der Waals surface area contributed by atoms with Gasteiger partial charge in [0, 0.05) is 37.5 Å². The van der Waals surface area contributed by atoms with Crippen molar-refractivity contribution in [2.24, 2.45) is 0 Å². The van der Waals surface area contributed by atoms with Crippen LogP contribution in [0.1, 0.15) is 11.1 Å². The molecular weight excluding hydrogens is 246 g/mol. The summed E-state index contributed by atoms with van der Waals surface area (Å²) >= 11 is 0. The van der Waals surface area contributed by atoms with E-state index in [1.807, 2.05) is 6.07 Å². The SMILES string of the molecule is Nc1ncc(C=CC(=O)O)cc1CN1CCOCC1. The van der Waals surface area contributed by atoms with Crippen molar-refractivity contribution in [2.45, 2.75) is 6.54 Å². The Morgan fingerprint density at radius 1 is 1.53 bits per heavy atom. The number of ether oxygens (including phenoxy) is 1. The van der Waals surface area contributed by atoms with Crippen LogP contribution in [0.15, 0.2) is 18.3 Å². The van der Waals surface area contributed by atoms with Crippen molar-refractivity contribution in [2.75, 3.05) is 32.0 Å². The minimum Gasteiger partial charge on any atom is -0.478 e. The zero-order valence-corrected chi connectivity index (χ0v) is 10.6. The van der Waals surface area contributed by atoms with Gasteiger partial charge in [-0.05, 0) is 17.7 Å². The van der Waals surface area contributed by atoms with Gasteiger partial charge < -0.3 is 15.6 Å². The summed E-state index contributed by atoms with van der Waals surface area (Å²) in [6.45, 7) is 3.90. The van der Waals surface area contributed by atoms with Crippen molar-refractivity contribution in [3.63, 3.8) is 0 Å². The summed E-state index contributed by atoms with van der Waals surface area (Å²) < 4.78 is 5.29. The van der Waals surface area contributed by atoms with E-state index < -0.39 is 5.97 Å². The predicted molar refractivity (Wildman–Crippen MR) is 71.4 cm³/mol. The molecule has 19 heavy (non-hydrogen) atoms. The maximum Gasteiger partial charge on any atom is 0.328 e. The Morgan fingerprint density at radius 3 is 2.95 bits per heavy atom. The van der Waals surface area contributed by atoms with E-state index in [4.69, 9.17) is 15.6 Å². The van der Waals surface area contributed by atoms with Crippen molar-refractivity contribution < 1.29 is 14.6 Å². The minimum atomic E-state index is -0.980. The van der Waals surface area contributed by atoms with Gasteiger partial charge in [-0.25, -0.2) is 9.78 Å². The van der Waals surface area contributed by atoms with Crippen LogP contribution in [-0.4, -0.2) is 47.3 Å². The number of aromatic nitrogens is 1. The van der Waals surface area contributed by atoms with Gasteiger partial charge in [-0.3, -0.25) is 4.90 Å². The maximum absolute atomic E-state index is 10.5. The van der Waals surface area contributed by atoms with E-state index in [0.717, 1.165) is 43.5 Å².